The number of benzene rings is 1. The van der Waals surface area contributed by atoms with Crippen molar-refractivity contribution in [1.82, 2.24) is 4.98 Å². The average Bonchev–Trinajstić information content (AvgIpc) is 2.73. The highest BCUT2D eigenvalue weighted by molar-refractivity contribution is 7.99. The van der Waals surface area contributed by atoms with Gasteiger partial charge in [-0.15, -0.1) is 11.8 Å². The Labute approximate surface area is 195 Å². The van der Waals surface area contributed by atoms with E-state index in [4.69, 9.17) is 20.2 Å². The van der Waals surface area contributed by atoms with Crippen LogP contribution in [0.5, 0.6) is 0 Å². The van der Waals surface area contributed by atoms with Gasteiger partial charge in [0.2, 0.25) is 0 Å². The van der Waals surface area contributed by atoms with Crippen LogP contribution in [0.1, 0.15) is 49.9 Å². The Balaban J connectivity index is 1.67. The van der Waals surface area contributed by atoms with Gasteiger partial charge in [0, 0.05) is 36.5 Å². The second-order valence-electron chi connectivity index (χ2n) is 9.41. The van der Waals surface area contributed by atoms with Crippen molar-refractivity contribution >= 4 is 23.3 Å². The summed E-state index contributed by atoms with van der Waals surface area (Å²) in [7, 11) is 0. The third-order valence-electron chi connectivity index (χ3n) is 6.01. The summed E-state index contributed by atoms with van der Waals surface area (Å²) in [5.74, 6) is 1.80. The number of pyridine rings is 1. The number of hydrogen-bond donors (Lipinski definition) is 1. The van der Waals surface area contributed by atoms with Crippen molar-refractivity contribution in [1.29, 1.82) is 5.26 Å². The van der Waals surface area contributed by atoms with Gasteiger partial charge in [0.25, 0.3) is 0 Å². The molecule has 1 fully saturated rings. The zero-order valence-corrected chi connectivity index (χ0v) is 20.2. The standard InChI is InChI=1S/C25H32N4O2S/c1-16-13-29(14-17(2)31-16)23-22-15-30-25(3,4)11-20(22)21(12-26)24(28-23)32-10-9-18-5-7-19(27)8-6-18/h5-8,16-17H,9-11,13-15,27H2,1-4H3. The molecule has 6 nitrogen and oxygen atoms in total. The molecule has 2 atom stereocenters. The molecule has 4 rings (SSSR count). The Kier molecular flexibility index (Phi) is 6.66. The minimum absolute atomic E-state index is 0.134. The van der Waals surface area contributed by atoms with Gasteiger partial charge >= 0.3 is 0 Å². The minimum Gasteiger partial charge on any atom is -0.399 e. The number of rotatable bonds is 5. The maximum Gasteiger partial charge on any atom is 0.135 e. The summed E-state index contributed by atoms with van der Waals surface area (Å²) in [5.41, 5.74) is 10.4. The fourth-order valence-electron chi connectivity index (χ4n) is 4.51. The van der Waals surface area contributed by atoms with E-state index in [1.54, 1.807) is 11.8 Å². The smallest absolute Gasteiger partial charge is 0.135 e. The maximum atomic E-state index is 10.1. The molecule has 2 aliphatic rings. The van der Waals surface area contributed by atoms with E-state index in [1.807, 2.05) is 12.1 Å². The lowest BCUT2D eigenvalue weighted by Gasteiger charge is -2.40. The van der Waals surface area contributed by atoms with Crippen LogP contribution in [0.15, 0.2) is 29.3 Å². The van der Waals surface area contributed by atoms with Gasteiger partial charge in [0.15, 0.2) is 0 Å². The normalized spacial score (nSPS) is 22.3. The molecule has 2 N–H and O–H groups in total. The lowest BCUT2D eigenvalue weighted by atomic mass is 9.89. The van der Waals surface area contributed by atoms with Crippen LogP contribution in [0.25, 0.3) is 0 Å². The first kappa shape index (κ1) is 22.9. The molecule has 32 heavy (non-hydrogen) atoms. The number of ether oxygens (including phenoxy) is 2. The summed E-state index contributed by atoms with van der Waals surface area (Å²) >= 11 is 1.66. The molecular weight excluding hydrogens is 420 g/mol. The molecule has 0 spiro atoms. The fourth-order valence-corrected chi connectivity index (χ4v) is 5.50. The highest BCUT2D eigenvalue weighted by Gasteiger charge is 2.34. The monoisotopic (exact) mass is 452 g/mol. The third-order valence-corrected chi connectivity index (χ3v) is 6.98. The van der Waals surface area contributed by atoms with Crippen molar-refractivity contribution in [3.8, 4) is 6.07 Å². The van der Waals surface area contributed by atoms with E-state index >= 15 is 0 Å². The van der Waals surface area contributed by atoms with Gasteiger partial charge in [-0.3, -0.25) is 0 Å². The Morgan fingerprint density at radius 3 is 2.53 bits per heavy atom. The number of nitrogen functional groups attached to an aromatic ring is 1. The third kappa shape index (κ3) is 5.03. The summed E-state index contributed by atoms with van der Waals surface area (Å²) in [6.45, 7) is 10.4. The van der Waals surface area contributed by atoms with Crippen LogP contribution in [-0.2, 0) is 28.9 Å². The first-order valence-electron chi connectivity index (χ1n) is 11.2. The summed E-state index contributed by atoms with van der Waals surface area (Å²) < 4.78 is 12.1. The second-order valence-corrected chi connectivity index (χ2v) is 10.5. The molecule has 0 amide bonds. The Morgan fingerprint density at radius 2 is 1.88 bits per heavy atom. The minimum atomic E-state index is -0.297. The highest BCUT2D eigenvalue weighted by atomic mass is 32.2. The van der Waals surface area contributed by atoms with Gasteiger partial charge < -0.3 is 20.1 Å². The lowest BCUT2D eigenvalue weighted by Crippen LogP contribution is -2.47. The summed E-state index contributed by atoms with van der Waals surface area (Å²) in [6.07, 6.45) is 1.87. The number of morpholine rings is 1. The summed E-state index contributed by atoms with van der Waals surface area (Å²) in [4.78, 5) is 7.36. The number of nitrogens with two attached hydrogens (primary N) is 1. The van der Waals surface area contributed by atoms with Crippen molar-refractivity contribution < 1.29 is 9.47 Å². The van der Waals surface area contributed by atoms with Gasteiger partial charge in [-0.2, -0.15) is 5.26 Å². The van der Waals surface area contributed by atoms with Crippen molar-refractivity contribution in [2.45, 2.75) is 70.0 Å². The van der Waals surface area contributed by atoms with Crippen LogP contribution >= 0.6 is 11.8 Å². The number of anilines is 2. The molecular formula is C25H32N4O2S. The molecule has 0 bridgehead atoms. The molecule has 1 saturated heterocycles. The molecule has 1 aromatic carbocycles. The van der Waals surface area contributed by atoms with E-state index in [0.717, 1.165) is 52.9 Å². The molecule has 2 aliphatic heterocycles. The van der Waals surface area contributed by atoms with Crippen molar-refractivity contribution in [2.24, 2.45) is 0 Å². The van der Waals surface area contributed by atoms with Gasteiger partial charge in [-0.25, -0.2) is 4.98 Å². The van der Waals surface area contributed by atoms with Crippen molar-refractivity contribution in [3.05, 3.63) is 46.5 Å². The fraction of sp³-hybridized carbons (Fsp3) is 0.520. The number of hydrogen-bond acceptors (Lipinski definition) is 7. The number of thioether (sulfide) groups is 1. The molecule has 0 aliphatic carbocycles. The van der Waals surface area contributed by atoms with Crippen molar-refractivity contribution in [3.63, 3.8) is 0 Å². The first-order chi connectivity index (χ1) is 15.3. The molecule has 170 valence electrons. The predicted octanol–water partition coefficient (Wildman–Crippen LogP) is 4.34. The largest absolute Gasteiger partial charge is 0.399 e. The average molecular weight is 453 g/mol. The van der Waals surface area contributed by atoms with Gasteiger partial charge in [0.05, 0.1) is 30.0 Å². The quantitative estimate of drug-likeness (QED) is 0.534. The van der Waals surface area contributed by atoms with E-state index in [0.29, 0.717) is 18.6 Å². The van der Waals surface area contributed by atoms with Crippen LogP contribution in [0.2, 0.25) is 0 Å². The number of fused-ring (bicyclic) bond motifs is 1. The summed E-state index contributed by atoms with van der Waals surface area (Å²) in [6, 6.07) is 10.4. The molecule has 7 heteroatoms. The highest BCUT2D eigenvalue weighted by Crippen LogP contribution is 2.39. The van der Waals surface area contributed by atoms with Crippen LogP contribution in [0, 0.1) is 11.3 Å². The topological polar surface area (TPSA) is 84.4 Å². The zero-order chi connectivity index (χ0) is 22.9. The predicted molar refractivity (Wildman–Crippen MR) is 129 cm³/mol. The molecule has 1 aromatic heterocycles. The number of nitriles is 1. The van der Waals surface area contributed by atoms with Gasteiger partial charge in [-0.1, -0.05) is 12.1 Å². The zero-order valence-electron chi connectivity index (χ0n) is 19.4. The maximum absolute atomic E-state index is 10.1. The molecule has 2 unspecified atom stereocenters. The van der Waals surface area contributed by atoms with E-state index < -0.39 is 0 Å². The van der Waals surface area contributed by atoms with Gasteiger partial charge in [0.1, 0.15) is 16.9 Å². The molecule has 0 radical (unpaired) electrons. The van der Waals surface area contributed by atoms with E-state index in [-0.39, 0.29) is 17.8 Å². The first-order valence-corrected chi connectivity index (χ1v) is 12.2. The van der Waals surface area contributed by atoms with E-state index in [2.05, 4.69) is 50.8 Å². The SMILES string of the molecule is CC1CN(c2nc(SCCc3ccc(N)cc3)c(C#N)c3c2COC(C)(C)C3)CC(C)O1. The van der Waals surface area contributed by atoms with Crippen LogP contribution in [0.4, 0.5) is 11.5 Å². The molecule has 0 saturated carbocycles. The van der Waals surface area contributed by atoms with E-state index in [1.165, 1.54) is 5.56 Å². The van der Waals surface area contributed by atoms with Crippen molar-refractivity contribution in [2.75, 3.05) is 29.5 Å². The number of aryl methyl sites for hydroxylation is 1. The van der Waals surface area contributed by atoms with Crippen LogP contribution < -0.4 is 10.6 Å². The molecule has 3 heterocycles. The number of aromatic nitrogens is 1. The second kappa shape index (κ2) is 9.30. The van der Waals surface area contributed by atoms with Crippen LogP contribution in [0.3, 0.4) is 0 Å². The Hall–Kier alpha value is -2.27. The molecule has 2 aromatic rings. The number of nitrogens with zero attached hydrogens (tertiary/aromatic N) is 3. The van der Waals surface area contributed by atoms with Crippen LogP contribution in [-0.4, -0.2) is 41.6 Å². The lowest BCUT2D eigenvalue weighted by molar-refractivity contribution is -0.0407. The Bertz CT molecular complexity index is 1010. The van der Waals surface area contributed by atoms with Gasteiger partial charge in [-0.05, 0) is 57.4 Å². The Morgan fingerprint density at radius 1 is 1.19 bits per heavy atom. The summed E-state index contributed by atoms with van der Waals surface area (Å²) in [5, 5.41) is 10.9. The van der Waals surface area contributed by atoms with E-state index in [9.17, 15) is 5.26 Å².